The molecule has 0 bridgehead atoms. The number of amides is 1. The predicted octanol–water partition coefficient (Wildman–Crippen LogP) is 1.31. The van der Waals surface area contributed by atoms with Gasteiger partial charge in [0.05, 0.1) is 0 Å². The molecule has 4 nitrogen and oxygen atoms in total. The Morgan fingerprint density at radius 3 is 2.18 bits per heavy atom. The second-order valence-electron chi connectivity index (χ2n) is 3.70. The minimum Gasteiger partial charge on any atom is -0.364 e. The molecule has 2 rings (SSSR count). The van der Waals surface area contributed by atoms with E-state index < -0.39 is 5.91 Å². The first-order valence-electron chi connectivity index (χ1n) is 5.26. The summed E-state index contributed by atoms with van der Waals surface area (Å²) in [7, 11) is 0. The Morgan fingerprint density at radius 2 is 1.71 bits per heavy atom. The molecule has 86 valence electrons. The van der Waals surface area contributed by atoms with Gasteiger partial charge in [-0.05, 0) is 17.2 Å². The highest BCUT2D eigenvalue weighted by atomic mass is 16.1. The first-order valence-corrected chi connectivity index (χ1v) is 5.26. The lowest BCUT2D eigenvalue weighted by Gasteiger charge is -2.03. The van der Waals surface area contributed by atoms with E-state index in [0.717, 1.165) is 16.7 Å². The SMILES string of the molecule is NCc1ccc(-c2ccc(C(N)=O)nc2)cc1. The van der Waals surface area contributed by atoms with Crippen LogP contribution in [0.5, 0.6) is 0 Å². The fourth-order valence-electron chi connectivity index (χ4n) is 1.54. The van der Waals surface area contributed by atoms with Crippen molar-refractivity contribution in [3.63, 3.8) is 0 Å². The van der Waals surface area contributed by atoms with E-state index in [1.807, 2.05) is 30.3 Å². The number of hydrogen-bond acceptors (Lipinski definition) is 3. The van der Waals surface area contributed by atoms with Gasteiger partial charge in [0.2, 0.25) is 0 Å². The third-order valence-electron chi connectivity index (χ3n) is 2.54. The largest absolute Gasteiger partial charge is 0.364 e. The van der Waals surface area contributed by atoms with Crippen molar-refractivity contribution in [2.24, 2.45) is 11.5 Å². The molecule has 0 aliphatic rings. The summed E-state index contributed by atoms with van der Waals surface area (Å²) in [6, 6.07) is 11.3. The molecule has 0 aliphatic carbocycles. The van der Waals surface area contributed by atoms with Crippen LogP contribution in [0.1, 0.15) is 16.1 Å². The van der Waals surface area contributed by atoms with E-state index in [-0.39, 0.29) is 5.69 Å². The average Bonchev–Trinajstić information content (AvgIpc) is 2.39. The molecule has 4 N–H and O–H groups in total. The Morgan fingerprint density at radius 1 is 1.06 bits per heavy atom. The maximum absolute atomic E-state index is 10.9. The molecule has 0 fully saturated rings. The lowest BCUT2D eigenvalue weighted by atomic mass is 10.1. The summed E-state index contributed by atoms with van der Waals surface area (Å²) in [6.45, 7) is 0.527. The lowest BCUT2D eigenvalue weighted by Crippen LogP contribution is -2.12. The zero-order valence-corrected chi connectivity index (χ0v) is 9.26. The summed E-state index contributed by atoms with van der Waals surface area (Å²) in [5.74, 6) is -0.518. The minimum atomic E-state index is -0.518. The fourth-order valence-corrected chi connectivity index (χ4v) is 1.54. The standard InChI is InChI=1S/C13H13N3O/c14-7-9-1-3-10(4-2-9)11-5-6-12(13(15)17)16-8-11/h1-6,8H,7,14H2,(H2,15,17). The van der Waals surface area contributed by atoms with Crippen LogP contribution in [0.2, 0.25) is 0 Å². The van der Waals surface area contributed by atoms with Gasteiger partial charge in [0.1, 0.15) is 5.69 Å². The molecule has 17 heavy (non-hydrogen) atoms. The van der Waals surface area contributed by atoms with Gasteiger partial charge in [-0.2, -0.15) is 0 Å². The number of hydrogen-bond donors (Lipinski definition) is 2. The van der Waals surface area contributed by atoms with Crippen LogP contribution in [0.15, 0.2) is 42.6 Å². The second-order valence-corrected chi connectivity index (χ2v) is 3.70. The summed E-state index contributed by atoms with van der Waals surface area (Å²) in [5, 5.41) is 0. The van der Waals surface area contributed by atoms with Crippen molar-refractivity contribution in [2.45, 2.75) is 6.54 Å². The predicted molar refractivity (Wildman–Crippen MR) is 66.1 cm³/mol. The van der Waals surface area contributed by atoms with Crippen LogP contribution in [0, 0.1) is 0 Å². The van der Waals surface area contributed by atoms with Gasteiger partial charge in [-0.25, -0.2) is 0 Å². The molecule has 0 unspecified atom stereocenters. The molecule has 1 heterocycles. The second kappa shape index (κ2) is 4.76. The monoisotopic (exact) mass is 227 g/mol. The van der Waals surface area contributed by atoms with Gasteiger partial charge in [0.15, 0.2) is 0 Å². The van der Waals surface area contributed by atoms with Gasteiger partial charge in [-0.15, -0.1) is 0 Å². The van der Waals surface area contributed by atoms with Gasteiger partial charge < -0.3 is 11.5 Å². The van der Waals surface area contributed by atoms with E-state index in [9.17, 15) is 4.79 Å². The van der Waals surface area contributed by atoms with Gasteiger partial charge in [0, 0.05) is 18.3 Å². The number of benzene rings is 1. The molecule has 1 aromatic heterocycles. The molecule has 4 heteroatoms. The average molecular weight is 227 g/mol. The van der Waals surface area contributed by atoms with Crippen LogP contribution in [0.25, 0.3) is 11.1 Å². The number of carbonyl (C=O) groups is 1. The zero-order chi connectivity index (χ0) is 12.3. The van der Waals surface area contributed by atoms with E-state index >= 15 is 0 Å². The summed E-state index contributed by atoms with van der Waals surface area (Å²) in [5.41, 5.74) is 14.0. The van der Waals surface area contributed by atoms with Crippen molar-refractivity contribution in [3.8, 4) is 11.1 Å². The highest BCUT2D eigenvalue weighted by Crippen LogP contribution is 2.18. The lowest BCUT2D eigenvalue weighted by molar-refractivity contribution is 0.0995. The minimum absolute atomic E-state index is 0.271. The first kappa shape index (κ1) is 11.3. The summed E-state index contributed by atoms with van der Waals surface area (Å²) >= 11 is 0. The van der Waals surface area contributed by atoms with Crippen LogP contribution in [0.4, 0.5) is 0 Å². The van der Waals surface area contributed by atoms with Crippen LogP contribution in [0.3, 0.4) is 0 Å². The van der Waals surface area contributed by atoms with Gasteiger partial charge in [0.25, 0.3) is 5.91 Å². The Kier molecular flexibility index (Phi) is 3.16. The fraction of sp³-hybridized carbons (Fsp3) is 0.0769. The van der Waals surface area contributed by atoms with Gasteiger partial charge in [-0.3, -0.25) is 9.78 Å². The maximum Gasteiger partial charge on any atom is 0.267 e. The Hall–Kier alpha value is -2.20. The maximum atomic E-state index is 10.9. The third kappa shape index (κ3) is 2.49. The number of aromatic nitrogens is 1. The quantitative estimate of drug-likeness (QED) is 0.829. The number of rotatable bonds is 3. The van der Waals surface area contributed by atoms with Crippen molar-refractivity contribution in [3.05, 3.63) is 53.9 Å². The third-order valence-corrected chi connectivity index (χ3v) is 2.54. The molecule has 1 aromatic carbocycles. The molecule has 1 amide bonds. The van der Waals surface area contributed by atoms with E-state index in [1.165, 1.54) is 0 Å². The highest BCUT2D eigenvalue weighted by Gasteiger charge is 2.02. The number of nitrogens with two attached hydrogens (primary N) is 2. The molecule has 0 saturated heterocycles. The summed E-state index contributed by atoms with van der Waals surface area (Å²) < 4.78 is 0. The van der Waals surface area contributed by atoms with Crippen molar-refractivity contribution in [1.82, 2.24) is 4.98 Å². The smallest absolute Gasteiger partial charge is 0.267 e. The van der Waals surface area contributed by atoms with Crippen LogP contribution in [-0.2, 0) is 6.54 Å². The number of carbonyl (C=O) groups excluding carboxylic acids is 1. The van der Waals surface area contributed by atoms with Gasteiger partial charge >= 0.3 is 0 Å². The summed E-state index contributed by atoms with van der Waals surface area (Å²) in [4.78, 5) is 14.9. The molecule has 2 aromatic rings. The van der Waals surface area contributed by atoms with Crippen LogP contribution < -0.4 is 11.5 Å². The number of pyridine rings is 1. The van der Waals surface area contributed by atoms with Crippen molar-refractivity contribution >= 4 is 5.91 Å². The van der Waals surface area contributed by atoms with Crippen molar-refractivity contribution in [1.29, 1.82) is 0 Å². The molecule has 0 spiro atoms. The van der Waals surface area contributed by atoms with Crippen molar-refractivity contribution in [2.75, 3.05) is 0 Å². The molecule has 0 atom stereocenters. The normalized spacial score (nSPS) is 10.2. The van der Waals surface area contributed by atoms with Crippen LogP contribution in [-0.4, -0.2) is 10.9 Å². The highest BCUT2D eigenvalue weighted by molar-refractivity contribution is 5.91. The Labute approximate surface area is 99.3 Å². The van der Waals surface area contributed by atoms with E-state index in [0.29, 0.717) is 6.54 Å². The van der Waals surface area contributed by atoms with Gasteiger partial charge in [-0.1, -0.05) is 30.3 Å². The molecular weight excluding hydrogens is 214 g/mol. The van der Waals surface area contributed by atoms with Crippen molar-refractivity contribution < 1.29 is 4.79 Å². The molecule has 0 aliphatic heterocycles. The number of primary amides is 1. The Bertz CT molecular complexity index is 517. The molecule has 0 radical (unpaired) electrons. The van der Waals surface area contributed by atoms with Crippen LogP contribution >= 0.6 is 0 Å². The number of nitrogens with zero attached hydrogens (tertiary/aromatic N) is 1. The van der Waals surface area contributed by atoms with E-state index in [1.54, 1.807) is 12.3 Å². The molecule has 0 saturated carbocycles. The van der Waals surface area contributed by atoms with E-state index in [2.05, 4.69) is 4.98 Å². The summed E-state index contributed by atoms with van der Waals surface area (Å²) in [6.07, 6.45) is 1.64. The van der Waals surface area contributed by atoms with E-state index in [4.69, 9.17) is 11.5 Å². The zero-order valence-electron chi connectivity index (χ0n) is 9.26. The Balaban J connectivity index is 2.29. The first-order chi connectivity index (χ1) is 8.20. The topological polar surface area (TPSA) is 82.0 Å². The molecular formula is C13H13N3O.